The lowest BCUT2D eigenvalue weighted by Gasteiger charge is -2.38. The number of hydrogen-bond donors (Lipinski definition) is 1. The predicted octanol–water partition coefficient (Wildman–Crippen LogP) is 2.30. The van der Waals surface area contributed by atoms with Crippen molar-refractivity contribution < 1.29 is 4.74 Å². The van der Waals surface area contributed by atoms with E-state index in [0.29, 0.717) is 6.04 Å². The highest BCUT2D eigenvalue weighted by Crippen LogP contribution is 2.31. The number of nitrogens with two attached hydrogens (primary N) is 1. The number of hydrogen-bond acceptors (Lipinski definition) is 4. The highest BCUT2D eigenvalue weighted by Gasteiger charge is 2.33. The average Bonchev–Trinajstić information content (AvgIpc) is 2.47. The highest BCUT2D eigenvalue weighted by molar-refractivity contribution is 5.49. The van der Waals surface area contributed by atoms with E-state index in [2.05, 4.69) is 30.1 Å². The van der Waals surface area contributed by atoms with Crippen LogP contribution >= 0.6 is 0 Å². The monoisotopic (exact) mass is 259 g/mol. The molecule has 1 aromatic rings. The second-order valence-electron chi connectivity index (χ2n) is 5.31. The predicted molar refractivity (Wildman–Crippen MR) is 76.2 cm³/mol. The number of anilines is 1. The third-order valence-electron chi connectivity index (χ3n) is 4.10. The molecule has 2 N–H and O–H groups in total. The molecule has 0 saturated heterocycles. The molecule has 4 heteroatoms. The molecule has 0 aromatic heterocycles. The van der Waals surface area contributed by atoms with Gasteiger partial charge in [0.1, 0.15) is 11.3 Å². The highest BCUT2D eigenvalue weighted by atomic mass is 16.5. The Kier molecular flexibility index (Phi) is 3.96. The van der Waals surface area contributed by atoms with Crippen LogP contribution in [0.25, 0.3) is 0 Å². The molecule has 0 spiro atoms. The second-order valence-corrected chi connectivity index (χ2v) is 5.31. The van der Waals surface area contributed by atoms with E-state index in [0.717, 1.165) is 31.4 Å². The van der Waals surface area contributed by atoms with Crippen LogP contribution in [0.1, 0.15) is 25.7 Å². The van der Waals surface area contributed by atoms with Crippen LogP contribution in [0.15, 0.2) is 24.3 Å². The summed E-state index contributed by atoms with van der Waals surface area (Å²) in [6.45, 7) is 0. The maximum Gasteiger partial charge on any atom is 0.119 e. The second kappa shape index (κ2) is 5.50. The van der Waals surface area contributed by atoms with E-state index in [9.17, 15) is 0 Å². The van der Waals surface area contributed by atoms with Gasteiger partial charge < -0.3 is 15.4 Å². The van der Waals surface area contributed by atoms with Gasteiger partial charge in [-0.3, -0.25) is 0 Å². The van der Waals surface area contributed by atoms with Crippen molar-refractivity contribution in [3.05, 3.63) is 24.3 Å². The van der Waals surface area contributed by atoms with Gasteiger partial charge in [-0.2, -0.15) is 5.26 Å². The molecule has 0 bridgehead atoms. The fourth-order valence-electron chi connectivity index (χ4n) is 2.64. The average molecular weight is 259 g/mol. The van der Waals surface area contributed by atoms with Gasteiger partial charge in [-0.15, -0.1) is 0 Å². The van der Waals surface area contributed by atoms with E-state index >= 15 is 0 Å². The molecule has 19 heavy (non-hydrogen) atoms. The lowest BCUT2D eigenvalue weighted by molar-refractivity contribution is 0.327. The lowest BCUT2D eigenvalue weighted by atomic mass is 9.80. The Balaban J connectivity index is 2.01. The first-order chi connectivity index (χ1) is 9.08. The van der Waals surface area contributed by atoms with Crippen LogP contribution in [-0.2, 0) is 0 Å². The van der Waals surface area contributed by atoms with Crippen molar-refractivity contribution in [2.24, 2.45) is 5.73 Å². The number of nitriles is 1. The van der Waals surface area contributed by atoms with Crippen molar-refractivity contribution in [3.8, 4) is 11.8 Å². The molecule has 0 radical (unpaired) electrons. The van der Waals surface area contributed by atoms with Gasteiger partial charge in [0, 0.05) is 18.8 Å². The van der Waals surface area contributed by atoms with E-state index in [-0.39, 0.29) is 0 Å². The Morgan fingerprint density at radius 1 is 1.32 bits per heavy atom. The molecule has 102 valence electrons. The quantitative estimate of drug-likeness (QED) is 0.904. The fraction of sp³-hybridized carbons (Fsp3) is 0.533. The topological polar surface area (TPSA) is 62.3 Å². The summed E-state index contributed by atoms with van der Waals surface area (Å²) < 4.78 is 5.17. The van der Waals surface area contributed by atoms with E-state index in [1.54, 1.807) is 7.11 Å². The van der Waals surface area contributed by atoms with Crippen molar-refractivity contribution in [1.29, 1.82) is 5.26 Å². The molecule has 0 aliphatic heterocycles. The molecular weight excluding hydrogens is 238 g/mol. The summed E-state index contributed by atoms with van der Waals surface area (Å²) in [5.41, 5.74) is 6.56. The third kappa shape index (κ3) is 2.99. The SMILES string of the molecule is COc1ccc(N(C)C2CCC(N)(C#N)CC2)cc1. The molecule has 1 saturated carbocycles. The smallest absolute Gasteiger partial charge is 0.119 e. The first kappa shape index (κ1) is 13.7. The lowest BCUT2D eigenvalue weighted by Crippen LogP contribution is -2.46. The van der Waals surface area contributed by atoms with Crippen LogP contribution in [0.3, 0.4) is 0 Å². The van der Waals surface area contributed by atoms with Crippen molar-refractivity contribution >= 4 is 5.69 Å². The molecule has 0 heterocycles. The standard InChI is InChI=1S/C15H21N3O/c1-18(12-3-5-14(19-2)6-4-12)13-7-9-15(17,11-16)10-8-13/h3-6,13H,7-10,17H2,1-2H3. The Labute approximate surface area is 114 Å². The summed E-state index contributed by atoms with van der Waals surface area (Å²) in [6, 6.07) is 10.8. The van der Waals surface area contributed by atoms with Gasteiger partial charge in [0.2, 0.25) is 0 Å². The first-order valence-electron chi connectivity index (χ1n) is 6.65. The summed E-state index contributed by atoms with van der Waals surface area (Å²) in [7, 11) is 3.77. The summed E-state index contributed by atoms with van der Waals surface area (Å²) in [4.78, 5) is 2.27. The minimum atomic E-state index is -0.614. The van der Waals surface area contributed by atoms with Crippen molar-refractivity contribution in [1.82, 2.24) is 0 Å². The van der Waals surface area contributed by atoms with E-state index < -0.39 is 5.54 Å². The third-order valence-corrected chi connectivity index (χ3v) is 4.10. The molecule has 4 nitrogen and oxygen atoms in total. The van der Waals surface area contributed by atoms with Crippen LogP contribution in [0.4, 0.5) is 5.69 Å². The van der Waals surface area contributed by atoms with Gasteiger partial charge in [0.05, 0.1) is 13.2 Å². The molecular formula is C15H21N3O. The zero-order valence-corrected chi connectivity index (χ0v) is 11.6. The van der Waals surface area contributed by atoms with Crippen LogP contribution < -0.4 is 15.4 Å². The molecule has 1 fully saturated rings. The number of benzene rings is 1. The van der Waals surface area contributed by atoms with Crippen molar-refractivity contribution in [2.45, 2.75) is 37.3 Å². The van der Waals surface area contributed by atoms with Crippen LogP contribution in [0.2, 0.25) is 0 Å². The zero-order valence-electron chi connectivity index (χ0n) is 11.6. The summed E-state index contributed by atoms with van der Waals surface area (Å²) >= 11 is 0. The van der Waals surface area contributed by atoms with Gasteiger partial charge in [0.25, 0.3) is 0 Å². The molecule has 0 unspecified atom stereocenters. The van der Waals surface area contributed by atoms with Gasteiger partial charge in [-0.25, -0.2) is 0 Å². The summed E-state index contributed by atoms with van der Waals surface area (Å²) in [5, 5.41) is 9.05. The normalized spacial score (nSPS) is 26.5. The molecule has 2 rings (SSSR count). The number of methoxy groups -OCH3 is 1. The number of nitrogens with zero attached hydrogens (tertiary/aromatic N) is 2. The van der Waals surface area contributed by atoms with E-state index in [4.69, 9.17) is 15.7 Å². The fourth-order valence-corrected chi connectivity index (χ4v) is 2.64. The first-order valence-corrected chi connectivity index (χ1v) is 6.65. The number of ether oxygens (including phenoxy) is 1. The Hall–Kier alpha value is -1.73. The van der Waals surface area contributed by atoms with Crippen LogP contribution in [-0.4, -0.2) is 25.7 Å². The Morgan fingerprint density at radius 2 is 1.89 bits per heavy atom. The molecule has 1 aliphatic rings. The zero-order chi connectivity index (χ0) is 13.9. The molecule has 0 amide bonds. The minimum absolute atomic E-state index is 0.457. The maximum atomic E-state index is 9.05. The maximum absolute atomic E-state index is 9.05. The van der Waals surface area contributed by atoms with Gasteiger partial charge in [-0.05, 0) is 49.9 Å². The summed E-state index contributed by atoms with van der Waals surface area (Å²) in [5.74, 6) is 0.867. The van der Waals surface area contributed by atoms with Gasteiger partial charge >= 0.3 is 0 Å². The van der Waals surface area contributed by atoms with E-state index in [1.807, 2.05) is 12.1 Å². The molecule has 1 aromatic carbocycles. The Bertz CT molecular complexity index is 455. The molecule has 0 atom stereocenters. The van der Waals surface area contributed by atoms with E-state index in [1.165, 1.54) is 5.69 Å². The molecule has 1 aliphatic carbocycles. The van der Waals surface area contributed by atoms with Gasteiger partial charge in [0.15, 0.2) is 0 Å². The van der Waals surface area contributed by atoms with Crippen molar-refractivity contribution in [3.63, 3.8) is 0 Å². The minimum Gasteiger partial charge on any atom is -0.497 e. The van der Waals surface area contributed by atoms with Gasteiger partial charge in [-0.1, -0.05) is 0 Å². The van der Waals surface area contributed by atoms with Crippen molar-refractivity contribution in [2.75, 3.05) is 19.1 Å². The van der Waals surface area contributed by atoms with Crippen LogP contribution in [0.5, 0.6) is 5.75 Å². The largest absolute Gasteiger partial charge is 0.497 e. The van der Waals surface area contributed by atoms with Crippen LogP contribution in [0, 0.1) is 11.3 Å². The summed E-state index contributed by atoms with van der Waals surface area (Å²) in [6.07, 6.45) is 3.47. The Morgan fingerprint density at radius 3 is 2.37 bits per heavy atom. The number of rotatable bonds is 3.